The number of benzene rings is 2. The third-order valence-electron chi connectivity index (χ3n) is 6.27. The van der Waals surface area contributed by atoms with E-state index in [0.29, 0.717) is 6.42 Å². The van der Waals surface area contributed by atoms with Gasteiger partial charge in [0.15, 0.2) is 0 Å². The Balaban J connectivity index is 0.000000271. The van der Waals surface area contributed by atoms with Gasteiger partial charge < -0.3 is 19.6 Å². The molecular weight excluding hydrogens is 615 g/mol. The molecule has 0 saturated heterocycles. The van der Waals surface area contributed by atoms with Gasteiger partial charge in [-0.05, 0) is 35.1 Å². The van der Waals surface area contributed by atoms with Crippen LogP contribution in [0.25, 0.3) is 33.2 Å². The molecule has 2 aromatic carbocycles. The molecular formula is C30H38IrNO3-. The fourth-order valence-corrected chi connectivity index (χ4v) is 3.63. The Hall–Kier alpha value is -2.04. The van der Waals surface area contributed by atoms with Crippen LogP contribution >= 0.6 is 0 Å². The molecule has 2 unspecified atom stereocenters. The van der Waals surface area contributed by atoms with Gasteiger partial charge >= 0.3 is 0 Å². The summed E-state index contributed by atoms with van der Waals surface area (Å²) in [7, 11) is 0. The zero-order chi connectivity index (χ0) is 25.1. The molecule has 0 amide bonds. The second-order valence-corrected chi connectivity index (χ2v) is 11.1. The first-order chi connectivity index (χ1) is 15.9. The Labute approximate surface area is 223 Å². The van der Waals surface area contributed by atoms with Crippen molar-refractivity contribution in [1.29, 1.82) is 0 Å². The van der Waals surface area contributed by atoms with Gasteiger partial charge in [-0.25, -0.2) is 0 Å². The summed E-state index contributed by atoms with van der Waals surface area (Å²) in [5.74, 6) is 0. The van der Waals surface area contributed by atoms with E-state index in [9.17, 15) is 10.2 Å². The van der Waals surface area contributed by atoms with Gasteiger partial charge in [0.25, 0.3) is 0 Å². The molecule has 2 aromatic heterocycles. The molecule has 0 saturated carbocycles. The molecule has 191 valence electrons. The Bertz CT molecular complexity index is 1220. The molecule has 0 aliphatic heterocycles. The van der Waals surface area contributed by atoms with Crippen LogP contribution in [-0.2, 0) is 26.5 Å². The summed E-state index contributed by atoms with van der Waals surface area (Å²) in [5.41, 5.74) is 4.58. The van der Waals surface area contributed by atoms with E-state index < -0.39 is 12.2 Å². The molecule has 0 spiro atoms. The van der Waals surface area contributed by atoms with Crippen LogP contribution in [0, 0.1) is 16.9 Å². The summed E-state index contributed by atoms with van der Waals surface area (Å²) in [5, 5.41) is 21.8. The Morgan fingerprint density at radius 2 is 1.54 bits per heavy atom. The Morgan fingerprint density at radius 1 is 0.914 bits per heavy atom. The van der Waals surface area contributed by atoms with E-state index in [1.807, 2.05) is 84.1 Å². The number of aliphatic hydroxyl groups is 2. The summed E-state index contributed by atoms with van der Waals surface area (Å²) in [6.07, 6.45) is 2.41. The summed E-state index contributed by atoms with van der Waals surface area (Å²) >= 11 is 0. The van der Waals surface area contributed by atoms with Crippen molar-refractivity contribution in [3.8, 4) is 11.3 Å². The molecule has 1 radical (unpaired) electrons. The molecule has 4 aromatic rings. The molecule has 0 fully saturated rings. The summed E-state index contributed by atoms with van der Waals surface area (Å²) in [6.45, 7) is 14.0. The van der Waals surface area contributed by atoms with E-state index in [0.717, 1.165) is 39.6 Å². The van der Waals surface area contributed by atoms with E-state index in [2.05, 4.69) is 30.1 Å². The number of hydrogen-bond acceptors (Lipinski definition) is 4. The first-order valence-corrected chi connectivity index (χ1v) is 12.0. The Kier molecular flexibility index (Phi) is 9.84. The van der Waals surface area contributed by atoms with E-state index in [1.165, 1.54) is 5.56 Å². The maximum Gasteiger partial charge on any atom is 0.120 e. The number of pyridine rings is 1. The van der Waals surface area contributed by atoms with Crippen LogP contribution in [0.2, 0.25) is 0 Å². The third-order valence-corrected chi connectivity index (χ3v) is 6.27. The number of aliphatic hydroxyl groups excluding tert-OH is 2. The van der Waals surface area contributed by atoms with Crippen LogP contribution in [-0.4, -0.2) is 27.4 Å². The average molecular weight is 653 g/mol. The van der Waals surface area contributed by atoms with Crippen LogP contribution in [0.3, 0.4) is 0 Å². The zero-order valence-corrected chi connectivity index (χ0v) is 24.2. The summed E-state index contributed by atoms with van der Waals surface area (Å²) in [4.78, 5) is 4.49. The second kappa shape index (κ2) is 11.8. The fraction of sp³-hybridized carbons (Fsp3) is 0.433. The average Bonchev–Trinajstić information content (AvgIpc) is 3.17. The van der Waals surface area contributed by atoms with E-state index in [4.69, 9.17) is 4.42 Å². The normalized spacial score (nSPS) is 13.6. The van der Waals surface area contributed by atoms with Gasteiger partial charge in [0.2, 0.25) is 0 Å². The van der Waals surface area contributed by atoms with Gasteiger partial charge in [-0.1, -0.05) is 89.2 Å². The van der Waals surface area contributed by atoms with E-state index in [-0.39, 0.29) is 30.9 Å². The minimum atomic E-state index is -0.443. The van der Waals surface area contributed by atoms with Crippen molar-refractivity contribution >= 4 is 21.9 Å². The first-order valence-electron chi connectivity index (χ1n) is 12.0. The standard InChI is InChI=1S/C19H14NO.C11H24O2.Ir/c1-2-13-10-11-20-17(12-13)16-8-5-7-15-14-6-3-4-9-18(14)21-19(15)16;1-10(2,3)8(12)7-9(13)11(4,5)6;/h3-7,9-12H,2H2,1H3;8-9,12-13H,7H2,1-6H3;/q-1;;. The van der Waals surface area contributed by atoms with E-state index >= 15 is 0 Å². The summed E-state index contributed by atoms with van der Waals surface area (Å²) in [6, 6.07) is 19.5. The predicted molar refractivity (Wildman–Crippen MR) is 141 cm³/mol. The monoisotopic (exact) mass is 653 g/mol. The topological polar surface area (TPSA) is 66.5 Å². The zero-order valence-electron chi connectivity index (χ0n) is 21.8. The number of rotatable bonds is 4. The number of furan rings is 1. The largest absolute Gasteiger partial charge is 0.501 e. The third kappa shape index (κ3) is 7.24. The summed E-state index contributed by atoms with van der Waals surface area (Å²) < 4.78 is 6.04. The smallest absolute Gasteiger partial charge is 0.120 e. The first kappa shape index (κ1) is 29.2. The fourth-order valence-electron chi connectivity index (χ4n) is 3.63. The van der Waals surface area contributed by atoms with Crippen molar-refractivity contribution in [2.24, 2.45) is 10.8 Å². The van der Waals surface area contributed by atoms with Crippen LogP contribution in [0.5, 0.6) is 0 Å². The molecule has 4 rings (SSSR count). The quantitative estimate of drug-likeness (QED) is 0.229. The van der Waals surface area contributed by atoms with E-state index in [1.54, 1.807) is 0 Å². The molecule has 4 nitrogen and oxygen atoms in total. The minimum absolute atomic E-state index is 0. The number of para-hydroxylation sites is 1. The van der Waals surface area contributed by atoms with Crippen molar-refractivity contribution in [2.45, 2.75) is 73.5 Å². The van der Waals surface area contributed by atoms with Crippen molar-refractivity contribution in [3.05, 3.63) is 66.4 Å². The van der Waals surface area contributed by atoms with Crippen LogP contribution in [0.4, 0.5) is 0 Å². The predicted octanol–water partition coefficient (Wildman–Crippen LogP) is 7.20. The van der Waals surface area contributed by atoms with Gasteiger partial charge in [0.05, 0.1) is 17.8 Å². The van der Waals surface area contributed by atoms with Gasteiger partial charge in [-0.15, -0.1) is 18.2 Å². The van der Waals surface area contributed by atoms with Crippen LogP contribution in [0.1, 0.15) is 60.5 Å². The number of aromatic nitrogens is 1. The van der Waals surface area contributed by atoms with Crippen molar-refractivity contribution in [2.75, 3.05) is 0 Å². The molecule has 5 heteroatoms. The number of fused-ring (bicyclic) bond motifs is 3. The van der Waals surface area contributed by atoms with Gasteiger partial charge in [-0.2, -0.15) is 0 Å². The maximum absolute atomic E-state index is 9.76. The van der Waals surface area contributed by atoms with Crippen LogP contribution < -0.4 is 0 Å². The molecule has 0 aliphatic carbocycles. The molecule has 2 N–H and O–H groups in total. The SMILES string of the molecule is CC(C)(C)C(O)CC(O)C(C)(C)C.CCc1ccnc(-c2[c-]ccc3c2oc2ccccc23)c1.[Ir]. The number of aryl methyl sites for hydroxylation is 1. The minimum Gasteiger partial charge on any atom is -0.501 e. The van der Waals surface area contributed by atoms with Crippen molar-refractivity contribution in [3.63, 3.8) is 0 Å². The van der Waals surface area contributed by atoms with Gasteiger partial charge in [0.1, 0.15) is 5.58 Å². The van der Waals surface area contributed by atoms with Gasteiger partial charge in [0, 0.05) is 38.1 Å². The molecule has 35 heavy (non-hydrogen) atoms. The molecule has 2 heterocycles. The molecule has 2 atom stereocenters. The van der Waals surface area contributed by atoms with Crippen molar-refractivity contribution in [1.82, 2.24) is 4.98 Å². The second-order valence-electron chi connectivity index (χ2n) is 11.1. The van der Waals surface area contributed by atoms with Crippen molar-refractivity contribution < 1.29 is 34.7 Å². The Morgan fingerprint density at radius 3 is 2.14 bits per heavy atom. The number of nitrogens with zero attached hydrogens (tertiary/aromatic N) is 1. The van der Waals surface area contributed by atoms with Crippen LogP contribution in [0.15, 0.2) is 59.1 Å². The molecule has 0 bridgehead atoms. The molecule has 0 aliphatic rings. The van der Waals surface area contributed by atoms with Gasteiger partial charge in [-0.3, -0.25) is 0 Å². The number of hydrogen-bond donors (Lipinski definition) is 2. The maximum atomic E-state index is 9.76.